The SMILES string of the molecule is OC1(c2ccc[c]n2)CCC1. The van der Waals surface area contributed by atoms with Crippen LogP contribution in [0.25, 0.3) is 0 Å². The van der Waals surface area contributed by atoms with Crippen molar-refractivity contribution in [2.24, 2.45) is 0 Å². The molecule has 1 saturated carbocycles. The van der Waals surface area contributed by atoms with Gasteiger partial charge in [0.25, 0.3) is 0 Å². The minimum Gasteiger partial charge on any atom is -0.384 e. The molecule has 0 atom stereocenters. The van der Waals surface area contributed by atoms with Gasteiger partial charge in [0.1, 0.15) is 5.60 Å². The minimum atomic E-state index is -0.627. The number of hydrogen-bond donors (Lipinski definition) is 1. The molecule has 1 N–H and O–H groups in total. The van der Waals surface area contributed by atoms with Crippen molar-refractivity contribution in [3.8, 4) is 0 Å². The molecule has 1 aromatic heterocycles. The van der Waals surface area contributed by atoms with Gasteiger partial charge in [0, 0.05) is 0 Å². The maximum atomic E-state index is 9.80. The van der Waals surface area contributed by atoms with Gasteiger partial charge in [-0.2, -0.15) is 0 Å². The smallest absolute Gasteiger partial charge is 0.107 e. The Hall–Kier alpha value is -0.890. The van der Waals surface area contributed by atoms with Gasteiger partial charge in [-0.25, -0.2) is 4.98 Å². The number of rotatable bonds is 1. The summed E-state index contributed by atoms with van der Waals surface area (Å²) in [4.78, 5) is 4.00. The number of aliphatic hydroxyl groups is 1. The topological polar surface area (TPSA) is 33.1 Å². The third-order valence-corrected chi connectivity index (χ3v) is 2.27. The summed E-state index contributed by atoms with van der Waals surface area (Å²) in [5.41, 5.74) is 0.142. The third kappa shape index (κ3) is 1.03. The highest BCUT2D eigenvalue weighted by Crippen LogP contribution is 2.39. The van der Waals surface area contributed by atoms with E-state index in [9.17, 15) is 5.11 Å². The summed E-state index contributed by atoms with van der Waals surface area (Å²) in [5, 5.41) is 9.80. The van der Waals surface area contributed by atoms with Crippen LogP contribution in [-0.2, 0) is 5.60 Å². The number of aromatic nitrogens is 1. The zero-order chi connectivity index (χ0) is 7.73. The van der Waals surface area contributed by atoms with Crippen LogP contribution in [0.3, 0.4) is 0 Å². The van der Waals surface area contributed by atoms with E-state index in [1.54, 1.807) is 6.07 Å². The van der Waals surface area contributed by atoms with E-state index in [-0.39, 0.29) is 0 Å². The molecular formula is C9H10NO. The number of hydrogen-bond acceptors (Lipinski definition) is 2. The molecule has 1 heterocycles. The predicted octanol–water partition coefficient (Wildman–Crippen LogP) is 1.25. The van der Waals surface area contributed by atoms with Gasteiger partial charge in [0.2, 0.25) is 0 Å². The van der Waals surface area contributed by atoms with Crippen molar-refractivity contribution in [3.05, 3.63) is 30.1 Å². The van der Waals surface area contributed by atoms with Gasteiger partial charge in [-0.3, -0.25) is 0 Å². The van der Waals surface area contributed by atoms with E-state index < -0.39 is 5.60 Å². The zero-order valence-corrected chi connectivity index (χ0v) is 6.25. The largest absolute Gasteiger partial charge is 0.384 e. The molecule has 1 aliphatic rings. The molecule has 0 aliphatic heterocycles. The van der Waals surface area contributed by atoms with Gasteiger partial charge in [0.05, 0.1) is 11.9 Å². The zero-order valence-electron chi connectivity index (χ0n) is 6.25. The quantitative estimate of drug-likeness (QED) is 0.650. The number of nitrogens with zero attached hydrogens (tertiary/aromatic N) is 1. The Kier molecular flexibility index (Phi) is 1.43. The second-order valence-corrected chi connectivity index (χ2v) is 3.04. The van der Waals surface area contributed by atoms with E-state index in [1.165, 1.54) is 0 Å². The molecule has 1 radical (unpaired) electrons. The van der Waals surface area contributed by atoms with Crippen LogP contribution < -0.4 is 0 Å². The van der Waals surface area contributed by atoms with Gasteiger partial charge in [-0.15, -0.1) is 0 Å². The molecule has 1 aliphatic carbocycles. The molecule has 0 bridgehead atoms. The average molecular weight is 148 g/mol. The summed E-state index contributed by atoms with van der Waals surface area (Å²) in [6.07, 6.45) is 5.52. The molecule has 2 nitrogen and oxygen atoms in total. The molecule has 0 unspecified atom stereocenters. The van der Waals surface area contributed by atoms with E-state index in [4.69, 9.17) is 0 Å². The first-order valence-electron chi connectivity index (χ1n) is 3.87. The lowest BCUT2D eigenvalue weighted by Gasteiger charge is -2.35. The Morgan fingerprint density at radius 1 is 1.55 bits per heavy atom. The third-order valence-electron chi connectivity index (χ3n) is 2.27. The summed E-state index contributed by atoms with van der Waals surface area (Å²) in [6, 6.07) is 5.46. The van der Waals surface area contributed by atoms with Gasteiger partial charge < -0.3 is 5.11 Å². The van der Waals surface area contributed by atoms with Crippen molar-refractivity contribution in [3.63, 3.8) is 0 Å². The highest BCUT2D eigenvalue weighted by molar-refractivity contribution is 5.15. The predicted molar refractivity (Wildman–Crippen MR) is 40.8 cm³/mol. The van der Waals surface area contributed by atoms with Crippen LogP contribution in [-0.4, -0.2) is 10.1 Å². The van der Waals surface area contributed by atoms with Gasteiger partial charge in [-0.1, -0.05) is 6.07 Å². The van der Waals surface area contributed by atoms with Crippen LogP contribution in [0.5, 0.6) is 0 Å². The van der Waals surface area contributed by atoms with E-state index in [0.29, 0.717) is 0 Å². The Bertz CT molecular complexity index is 241. The van der Waals surface area contributed by atoms with E-state index in [2.05, 4.69) is 11.2 Å². The second kappa shape index (κ2) is 2.31. The van der Waals surface area contributed by atoms with Crippen LogP contribution in [0.1, 0.15) is 25.0 Å². The summed E-state index contributed by atoms with van der Waals surface area (Å²) in [7, 11) is 0. The van der Waals surface area contributed by atoms with Crippen LogP contribution in [0, 0.1) is 6.20 Å². The highest BCUT2D eigenvalue weighted by atomic mass is 16.3. The molecule has 1 aromatic rings. The summed E-state index contributed by atoms with van der Waals surface area (Å²) in [6.45, 7) is 0. The first-order chi connectivity index (χ1) is 5.31. The van der Waals surface area contributed by atoms with E-state index in [0.717, 1.165) is 25.0 Å². The van der Waals surface area contributed by atoms with Crippen molar-refractivity contribution in [2.75, 3.05) is 0 Å². The van der Waals surface area contributed by atoms with Gasteiger partial charge in [0.15, 0.2) is 0 Å². The fourth-order valence-corrected chi connectivity index (χ4v) is 1.35. The lowest BCUT2D eigenvalue weighted by molar-refractivity contribution is -0.0426. The molecule has 2 rings (SSSR count). The normalized spacial score (nSPS) is 20.8. The van der Waals surface area contributed by atoms with E-state index in [1.807, 2.05) is 12.1 Å². The maximum Gasteiger partial charge on any atom is 0.107 e. The molecule has 0 aromatic carbocycles. The van der Waals surface area contributed by atoms with Gasteiger partial charge >= 0.3 is 0 Å². The lowest BCUT2D eigenvalue weighted by atomic mass is 9.78. The lowest BCUT2D eigenvalue weighted by Crippen LogP contribution is -2.34. The molecule has 11 heavy (non-hydrogen) atoms. The molecule has 0 amide bonds. The monoisotopic (exact) mass is 148 g/mol. The first-order valence-corrected chi connectivity index (χ1v) is 3.87. The average Bonchev–Trinajstić information content (AvgIpc) is 2.02. The Labute approximate surface area is 65.9 Å². The first kappa shape index (κ1) is 6.80. The Balaban J connectivity index is 2.29. The molecular weight excluding hydrogens is 138 g/mol. The summed E-state index contributed by atoms with van der Waals surface area (Å²) in [5.74, 6) is 0. The van der Waals surface area contributed by atoms with Gasteiger partial charge in [-0.05, 0) is 31.4 Å². The fourth-order valence-electron chi connectivity index (χ4n) is 1.35. The maximum absolute atomic E-state index is 9.80. The fraction of sp³-hybridized carbons (Fsp3) is 0.444. The summed E-state index contributed by atoms with van der Waals surface area (Å²) < 4.78 is 0. The van der Waals surface area contributed by atoms with Crippen LogP contribution >= 0.6 is 0 Å². The van der Waals surface area contributed by atoms with Crippen LogP contribution in [0.15, 0.2) is 18.2 Å². The molecule has 0 saturated heterocycles. The molecule has 2 heteroatoms. The molecule has 57 valence electrons. The summed E-state index contributed by atoms with van der Waals surface area (Å²) >= 11 is 0. The highest BCUT2D eigenvalue weighted by Gasteiger charge is 2.37. The van der Waals surface area contributed by atoms with Crippen molar-refractivity contribution >= 4 is 0 Å². The van der Waals surface area contributed by atoms with Crippen molar-refractivity contribution in [2.45, 2.75) is 24.9 Å². The van der Waals surface area contributed by atoms with E-state index >= 15 is 0 Å². The van der Waals surface area contributed by atoms with Crippen molar-refractivity contribution < 1.29 is 5.11 Å². The van der Waals surface area contributed by atoms with Crippen molar-refractivity contribution in [1.82, 2.24) is 4.98 Å². The molecule has 1 fully saturated rings. The number of pyridine rings is 1. The minimum absolute atomic E-state index is 0.627. The second-order valence-electron chi connectivity index (χ2n) is 3.04. The van der Waals surface area contributed by atoms with Crippen LogP contribution in [0.4, 0.5) is 0 Å². The Morgan fingerprint density at radius 2 is 2.36 bits per heavy atom. The van der Waals surface area contributed by atoms with Crippen LogP contribution in [0.2, 0.25) is 0 Å². The Morgan fingerprint density at radius 3 is 2.82 bits per heavy atom. The molecule has 0 spiro atoms. The standard InChI is InChI=1S/C9H10NO/c11-9(5-3-6-9)8-4-1-2-7-10-8/h1-2,4,11H,3,5-6H2. The van der Waals surface area contributed by atoms with Crippen molar-refractivity contribution in [1.29, 1.82) is 0 Å².